The molecule has 0 aliphatic carbocycles. The molecule has 0 amide bonds. The highest BCUT2D eigenvalue weighted by Gasteiger charge is 2.17. The molecule has 0 spiro atoms. The Bertz CT molecular complexity index is 295. The van der Waals surface area contributed by atoms with Crippen LogP contribution in [0.3, 0.4) is 0 Å². The number of aryl methyl sites for hydroxylation is 1. The summed E-state index contributed by atoms with van der Waals surface area (Å²) >= 11 is 0. The normalized spacial score (nSPS) is 15.3. The van der Waals surface area contributed by atoms with Crippen molar-refractivity contribution in [3.63, 3.8) is 0 Å². The first-order chi connectivity index (χ1) is 7.00. The van der Waals surface area contributed by atoms with Gasteiger partial charge < -0.3 is 5.32 Å². The number of halogens is 2. The van der Waals surface area contributed by atoms with Gasteiger partial charge >= 0.3 is 0 Å². The van der Waals surface area contributed by atoms with Gasteiger partial charge in [-0.3, -0.25) is 0 Å². The second-order valence-corrected chi connectivity index (χ2v) is 3.92. The molecule has 1 aromatic carbocycles. The van der Waals surface area contributed by atoms with E-state index in [4.69, 9.17) is 0 Å². The lowest BCUT2D eigenvalue weighted by atomic mass is 10.1. The van der Waals surface area contributed by atoms with E-state index in [1.54, 1.807) is 0 Å². The molecule has 1 aromatic rings. The van der Waals surface area contributed by atoms with E-state index in [1.165, 1.54) is 12.5 Å². The van der Waals surface area contributed by atoms with Gasteiger partial charge in [-0.15, -0.1) is 0 Å². The van der Waals surface area contributed by atoms with E-state index in [0.29, 0.717) is 0 Å². The molecule has 3 heteroatoms. The molecule has 0 heterocycles. The van der Waals surface area contributed by atoms with Crippen molar-refractivity contribution >= 4 is 0 Å². The summed E-state index contributed by atoms with van der Waals surface area (Å²) < 4.78 is 24.6. The first-order valence-electron chi connectivity index (χ1n) is 5.11. The van der Waals surface area contributed by atoms with Crippen LogP contribution in [0.15, 0.2) is 24.3 Å². The van der Waals surface area contributed by atoms with Gasteiger partial charge in [0, 0.05) is 6.04 Å². The Balaban J connectivity index is 2.61. The standard InChI is InChI=1S/C12H17F2N/c1-8-4-6-11(7-5-8)9(2)15-10(3)12(13)14/h4-7,9-10,12,15H,1-3H3/t9-,10?/m1/s1. The molecular formula is C12H17F2N. The Morgan fingerprint density at radius 2 is 1.60 bits per heavy atom. The largest absolute Gasteiger partial charge is 0.302 e. The number of hydrogen-bond donors (Lipinski definition) is 1. The van der Waals surface area contributed by atoms with Crippen LogP contribution in [0.1, 0.15) is 31.0 Å². The van der Waals surface area contributed by atoms with Gasteiger partial charge in [-0.1, -0.05) is 29.8 Å². The SMILES string of the molecule is Cc1ccc([C@@H](C)NC(C)C(F)F)cc1. The smallest absolute Gasteiger partial charge is 0.253 e. The molecule has 0 aliphatic rings. The third kappa shape index (κ3) is 3.59. The summed E-state index contributed by atoms with van der Waals surface area (Å²) in [5.41, 5.74) is 2.21. The number of alkyl halides is 2. The highest BCUT2D eigenvalue weighted by Crippen LogP contribution is 2.15. The number of nitrogens with one attached hydrogen (secondary N) is 1. The maximum atomic E-state index is 12.3. The molecule has 0 saturated heterocycles. The topological polar surface area (TPSA) is 12.0 Å². The Kier molecular flexibility index (Phi) is 4.21. The summed E-state index contributed by atoms with van der Waals surface area (Å²) in [5, 5.41) is 2.87. The molecule has 0 bridgehead atoms. The van der Waals surface area contributed by atoms with E-state index in [0.717, 1.165) is 5.56 Å². The summed E-state index contributed by atoms with van der Waals surface area (Å²) in [4.78, 5) is 0. The van der Waals surface area contributed by atoms with Crippen LogP contribution < -0.4 is 5.32 Å². The molecule has 84 valence electrons. The van der Waals surface area contributed by atoms with Crippen molar-refractivity contribution in [2.75, 3.05) is 0 Å². The fraction of sp³-hybridized carbons (Fsp3) is 0.500. The van der Waals surface area contributed by atoms with Gasteiger partial charge in [-0.2, -0.15) is 0 Å². The van der Waals surface area contributed by atoms with E-state index < -0.39 is 12.5 Å². The molecule has 15 heavy (non-hydrogen) atoms. The third-order valence-corrected chi connectivity index (χ3v) is 2.47. The molecule has 0 saturated carbocycles. The lowest BCUT2D eigenvalue weighted by Crippen LogP contribution is -2.34. The van der Waals surface area contributed by atoms with E-state index in [2.05, 4.69) is 5.32 Å². The number of benzene rings is 1. The fourth-order valence-electron chi connectivity index (χ4n) is 1.42. The summed E-state index contributed by atoms with van der Waals surface area (Å²) in [7, 11) is 0. The minimum Gasteiger partial charge on any atom is -0.302 e. The van der Waals surface area contributed by atoms with Gasteiger partial charge in [0.1, 0.15) is 0 Å². The lowest BCUT2D eigenvalue weighted by Gasteiger charge is -2.19. The van der Waals surface area contributed by atoms with Crippen molar-refractivity contribution in [2.24, 2.45) is 0 Å². The lowest BCUT2D eigenvalue weighted by molar-refractivity contribution is 0.101. The van der Waals surface area contributed by atoms with Crippen molar-refractivity contribution in [3.05, 3.63) is 35.4 Å². The second kappa shape index (κ2) is 5.21. The number of hydrogen-bond acceptors (Lipinski definition) is 1. The van der Waals surface area contributed by atoms with Crippen LogP contribution in [0.4, 0.5) is 8.78 Å². The van der Waals surface area contributed by atoms with Gasteiger partial charge in [0.25, 0.3) is 6.43 Å². The van der Waals surface area contributed by atoms with Crippen LogP contribution >= 0.6 is 0 Å². The van der Waals surface area contributed by atoms with Crippen molar-refractivity contribution in [2.45, 2.75) is 39.3 Å². The van der Waals surface area contributed by atoms with Crippen LogP contribution in [-0.4, -0.2) is 12.5 Å². The first kappa shape index (κ1) is 12.1. The molecule has 1 unspecified atom stereocenters. The zero-order valence-corrected chi connectivity index (χ0v) is 9.30. The molecule has 1 nitrogen and oxygen atoms in total. The van der Waals surface area contributed by atoms with Gasteiger partial charge in [0.2, 0.25) is 0 Å². The average molecular weight is 213 g/mol. The molecule has 1 rings (SSSR count). The van der Waals surface area contributed by atoms with Gasteiger partial charge in [0.15, 0.2) is 0 Å². The average Bonchev–Trinajstić information content (AvgIpc) is 2.18. The Hall–Kier alpha value is -0.960. The number of rotatable bonds is 4. The molecule has 0 radical (unpaired) electrons. The summed E-state index contributed by atoms with van der Waals surface area (Å²) in [6.45, 7) is 5.39. The predicted molar refractivity (Wildman–Crippen MR) is 58.2 cm³/mol. The maximum absolute atomic E-state index is 12.3. The van der Waals surface area contributed by atoms with E-state index >= 15 is 0 Å². The highest BCUT2D eigenvalue weighted by molar-refractivity contribution is 5.23. The predicted octanol–water partition coefficient (Wildman–Crippen LogP) is 3.30. The summed E-state index contributed by atoms with van der Waals surface area (Å²) in [6.07, 6.45) is -2.32. The first-order valence-corrected chi connectivity index (χ1v) is 5.11. The Morgan fingerprint density at radius 3 is 2.07 bits per heavy atom. The molecule has 0 fully saturated rings. The van der Waals surface area contributed by atoms with Crippen molar-refractivity contribution in [1.82, 2.24) is 5.32 Å². The molecule has 1 N–H and O–H groups in total. The molecule has 0 aromatic heterocycles. The van der Waals surface area contributed by atoms with Crippen LogP contribution in [0.25, 0.3) is 0 Å². The fourth-order valence-corrected chi connectivity index (χ4v) is 1.42. The Morgan fingerprint density at radius 1 is 1.07 bits per heavy atom. The maximum Gasteiger partial charge on any atom is 0.253 e. The zero-order valence-electron chi connectivity index (χ0n) is 9.30. The quantitative estimate of drug-likeness (QED) is 0.809. The zero-order chi connectivity index (χ0) is 11.4. The monoisotopic (exact) mass is 213 g/mol. The van der Waals surface area contributed by atoms with Crippen molar-refractivity contribution in [3.8, 4) is 0 Å². The summed E-state index contributed by atoms with van der Waals surface area (Å²) in [6, 6.07) is 7.08. The van der Waals surface area contributed by atoms with Gasteiger partial charge in [-0.25, -0.2) is 8.78 Å². The summed E-state index contributed by atoms with van der Waals surface area (Å²) in [5.74, 6) is 0. The van der Waals surface area contributed by atoms with Crippen molar-refractivity contribution < 1.29 is 8.78 Å². The molecule has 2 atom stereocenters. The molecular weight excluding hydrogens is 196 g/mol. The highest BCUT2D eigenvalue weighted by atomic mass is 19.3. The Labute approximate surface area is 89.5 Å². The van der Waals surface area contributed by atoms with E-state index in [1.807, 2.05) is 38.1 Å². The second-order valence-electron chi connectivity index (χ2n) is 3.92. The van der Waals surface area contributed by atoms with Crippen molar-refractivity contribution in [1.29, 1.82) is 0 Å². The van der Waals surface area contributed by atoms with Crippen LogP contribution in [0, 0.1) is 6.92 Å². The van der Waals surface area contributed by atoms with E-state index in [-0.39, 0.29) is 6.04 Å². The molecule has 0 aliphatic heterocycles. The van der Waals surface area contributed by atoms with Crippen LogP contribution in [0.5, 0.6) is 0 Å². The van der Waals surface area contributed by atoms with Gasteiger partial charge in [-0.05, 0) is 26.3 Å². The minimum absolute atomic E-state index is 0.0467. The minimum atomic E-state index is -2.32. The van der Waals surface area contributed by atoms with Crippen LogP contribution in [0.2, 0.25) is 0 Å². The van der Waals surface area contributed by atoms with Crippen LogP contribution in [-0.2, 0) is 0 Å². The van der Waals surface area contributed by atoms with Gasteiger partial charge in [0.05, 0.1) is 6.04 Å². The van der Waals surface area contributed by atoms with E-state index in [9.17, 15) is 8.78 Å². The third-order valence-electron chi connectivity index (χ3n) is 2.47.